The number of carbonyl (C=O) groups is 2. The van der Waals surface area contributed by atoms with Crippen molar-refractivity contribution >= 4 is 52.2 Å². The molecule has 1 fully saturated rings. The summed E-state index contributed by atoms with van der Waals surface area (Å²) >= 11 is 18.2. The van der Waals surface area contributed by atoms with Crippen LogP contribution >= 0.6 is 34.8 Å². The van der Waals surface area contributed by atoms with E-state index in [1.165, 1.54) is 19.1 Å². The Morgan fingerprint density at radius 1 is 1.09 bits per heavy atom. The molecule has 0 heterocycles. The van der Waals surface area contributed by atoms with Gasteiger partial charge in [0, 0.05) is 23.6 Å². The van der Waals surface area contributed by atoms with Crippen LogP contribution in [0, 0.1) is 24.5 Å². The fraction of sp³-hybridized carbons (Fsp3) is 0.333. The second-order valence-electron chi connectivity index (χ2n) is 7.46. The van der Waals surface area contributed by atoms with E-state index in [1.807, 2.05) is 0 Å². The fourth-order valence-corrected chi connectivity index (χ4v) is 4.44. The summed E-state index contributed by atoms with van der Waals surface area (Å²) in [5.41, 5.74) is -0.130. The van der Waals surface area contributed by atoms with Crippen molar-refractivity contribution in [2.45, 2.75) is 36.2 Å². The lowest BCUT2D eigenvalue weighted by Gasteiger charge is -2.12. The topological polar surface area (TPSA) is 46.2 Å². The van der Waals surface area contributed by atoms with Gasteiger partial charge in [-0.05, 0) is 42.3 Å². The summed E-state index contributed by atoms with van der Waals surface area (Å²) in [5, 5.41) is 2.21. The molecule has 1 saturated carbocycles. The molecule has 32 heavy (non-hydrogen) atoms. The molecule has 1 aliphatic rings. The van der Waals surface area contributed by atoms with Crippen LogP contribution in [-0.2, 0) is 4.79 Å². The van der Waals surface area contributed by atoms with Crippen LogP contribution < -0.4 is 5.32 Å². The van der Waals surface area contributed by atoms with E-state index in [2.05, 4.69) is 5.32 Å². The summed E-state index contributed by atoms with van der Waals surface area (Å²) in [4.78, 5) is 24.9. The average Bonchev–Trinajstić information content (AvgIpc) is 3.26. The first kappa shape index (κ1) is 24.7. The number of alkyl halides is 5. The van der Waals surface area contributed by atoms with Gasteiger partial charge in [-0.2, -0.15) is 13.2 Å². The van der Waals surface area contributed by atoms with Gasteiger partial charge in [-0.1, -0.05) is 17.7 Å². The number of hydrogen-bond donors (Lipinski definition) is 1. The first-order valence-corrected chi connectivity index (χ1v) is 10.4. The molecule has 3 nitrogen and oxygen atoms in total. The van der Waals surface area contributed by atoms with E-state index in [0.29, 0.717) is 5.56 Å². The monoisotopic (exact) mass is 513 g/mol. The Hall–Kier alpha value is -1.90. The quantitative estimate of drug-likeness (QED) is 0.257. The minimum absolute atomic E-state index is 0.135. The van der Waals surface area contributed by atoms with Gasteiger partial charge in [0.2, 0.25) is 5.91 Å². The van der Waals surface area contributed by atoms with Gasteiger partial charge in [0.1, 0.15) is 16.0 Å². The SMILES string of the molecule is Cc1c(F)cc(NC(=O)C2C(c3ccc(F)c(Cl)c3)C2(Cl)Cl)cc1C(=O)CCC(F)(F)F. The zero-order valence-corrected chi connectivity index (χ0v) is 18.6. The van der Waals surface area contributed by atoms with Gasteiger partial charge in [-0.3, -0.25) is 9.59 Å². The summed E-state index contributed by atoms with van der Waals surface area (Å²) in [6.45, 7) is 1.25. The predicted molar refractivity (Wildman–Crippen MR) is 111 cm³/mol. The maximum Gasteiger partial charge on any atom is 0.389 e. The van der Waals surface area contributed by atoms with Gasteiger partial charge in [0.15, 0.2) is 5.78 Å². The third-order valence-electron chi connectivity index (χ3n) is 5.19. The Labute approximate surface area is 194 Å². The summed E-state index contributed by atoms with van der Waals surface area (Å²) in [6, 6.07) is 5.80. The van der Waals surface area contributed by atoms with E-state index < -0.39 is 58.5 Å². The van der Waals surface area contributed by atoms with E-state index in [4.69, 9.17) is 34.8 Å². The van der Waals surface area contributed by atoms with E-state index in [9.17, 15) is 31.5 Å². The van der Waals surface area contributed by atoms with Crippen LogP contribution in [0.15, 0.2) is 30.3 Å². The van der Waals surface area contributed by atoms with Crippen LogP contribution in [0.3, 0.4) is 0 Å². The number of hydrogen-bond acceptors (Lipinski definition) is 2. The van der Waals surface area contributed by atoms with Crippen molar-refractivity contribution in [1.82, 2.24) is 0 Å². The minimum atomic E-state index is -4.54. The Balaban J connectivity index is 1.79. The first-order valence-electron chi connectivity index (χ1n) is 9.26. The highest BCUT2D eigenvalue weighted by Crippen LogP contribution is 2.65. The van der Waals surface area contributed by atoms with Gasteiger partial charge in [-0.15, -0.1) is 23.2 Å². The molecule has 1 N–H and O–H groups in total. The largest absolute Gasteiger partial charge is 0.389 e. The van der Waals surface area contributed by atoms with Crippen molar-refractivity contribution < 1.29 is 31.5 Å². The standard InChI is InChI=1S/C21H15Cl3F5NO2/c1-9-12(16(31)4-5-20(27,28)29)7-11(8-15(9)26)30-19(32)18-17(21(18,23)24)10-2-3-14(25)13(22)6-10/h2-3,6-8,17-18H,4-5H2,1H3,(H,30,32). The molecule has 2 aromatic rings. The molecule has 1 amide bonds. The molecule has 0 spiro atoms. The van der Waals surface area contributed by atoms with Gasteiger partial charge < -0.3 is 5.32 Å². The maximum absolute atomic E-state index is 14.3. The number of rotatable bonds is 6. The van der Waals surface area contributed by atoms with Crippen molar-refractivity contribution in [2.24, 2.45) is 5.92 Å². The number of ketones is 1. The van der Waals surface area contributed by atoms with Crippen molar-refractivity contribution in [3.05, 3.63) is 63.7 Å². The Bertz CT molecular complexity index is 1090. The van der Waals surface area contributed by atoms with Gasteiger partial charge in [-0.25, -0.2) is 8.78 Å². The van der Waals surface area contributed by atoms with Crippen molar-refractivity contribution in [3.63, 3.8) is 0 Å². The van der Waals surface area contributed by atoms with Crippen LogP contribution in [0.4, 0.5) is 27.6 Å². The molecule has 2 aromatic carbocycles. The number of benzene rings is 2. The molecular weight excluding hydrogens is 500 g/mol. The van der Waals surface area contributed by atoms with Gasteiger partial charge in [0.05, 0.1) is 17.4 Å². The number of anilines is 1. The van der Waals surface area contributed by atoms with Crippen LogP contribution in [-0.4, -0.2) is 22.2 Å². The van der Waals surface area contributed by atoms with E-state index in [1.54, 1.807) is 0 Å². The summed E-state index contributed by atoms with van der Waals surface area (Å²) in [6.07, 6.45) is -6.75. The number of nitrogens with one attached hydrogen (secondary N) is 1. The van der Waals surface area contributed by atoms with Crippen molar-refractivity contribution in [2.75, 3.05) is 5.32 Å². The Morgan fingerprint density at radius 3 is 2.34 bits per heavy atom. The molecule has 0 aliphatic heterocycles. The zero-order chi connectivity index (χ0) is 24.0. The zero-order valence-electron chi connectivity index (χ0n) is 16.3. The third-order valence-corrected chi connectivity index (χ3v) is 6.42. The second kappa shape index (κ2) is 8.80. The fourth-order valence-electron chi connectivity index (χ4n) is 3.42. The normalized spacial score (nSPS) is 19.5. The summed E-state index contributed by atoms with van der Waals surface area (Å²) < 4.78 is 63.4. The minimum Gasteiger partial charge on any atom is -0.326 e. The number of Topliss-reactive ketones (excluding diaryl/α,β-unsaturated/α-hetero) is 1. The molecule has 172 valence electrons. The highest BCUT2D eigenvalue weighted by Gasteiger charge is 2.67. The molecule has 0 bridgehead atoms. The molecule has 2 unspecified atom stereocenters. The maximum atomic E-state index is 14.3. The van der Waals surface area contributed by atoms with Crippen molar-refractivity contribution in [3.8, 4) is 0 Å². The van der Waals surface area contributed by atoms with E-state index in [0.717, 1.165) is 18.2 Å². The van der Waals surface area contributed by atoms with Crippen molar-refractivity contribution in [1.29, 1.82) is 0 Å². The summed E-state index contributed by atoms with van der Waals surface area (Å²) in [5.74, 6) is -4.89. The Kier molecular flexibility index (Phi) is 6.80. The molecule has 0 radical (unpaired) electrons. The molecule has 11 heteroatoms. The lowest BCUT2D eigenvalue weighted by Crippen LogP contribution is -2.18. The molecule has 1 aliphatic carbocycles. The highest BCUT2D eigenvalue weighted by molar-refractivity contribution is 6.53. The number of halogens is 8. The molecule has 0 saturated heterocycles. The average molecular weight is 515 g/mol. The Morgan fingerprint density at radius 2 is 1.75 bits per heavy atom. The number of amides is 1. The molecule has 3 rings (SSSR count). The van der Waals surface area contributed by atoms with Gasteiger partial charge >= 0.3 is 6.18 Å². The summed E-state index contributed by atoms with van der Waals surface area (Å²) in [7, 11) is 0. The third kappa shape index (κ3) is 5.18. The van der Waals surface area contributed by atoms with Crippen LogP contribution in [0.25, 0.3) is 0 Å². The lowest BCUT2D eigenvalue weighted by molar-refractivity contribution is -0.133. The highest BCUT2D eigenvalue weighted by atomic mass is 35.5. The first-order chi connectivity index (χ1) is 14.7. The lowest BCUT2D eigenvalue weighted by atomic mass is 10.00. The second-order valence-corrected chi connectivity index (χ2v) is 9.31. The predicted octanol–water partition coefficient (Wildman–Crippen LogP) is 6.98. The van der Waals surface area contributed by atoms with Gasteiger partial charge in [0.25, 0.3) is 0 Å². The molecule has 0 aromatic heterocycles. The van der Waals surface area contributed by atoms with E-state index in [-0.39, 0.29) is 21.8 Å². The number of carbonyl (C=O) groups excluding carboxylic acids is 2. The van der Waals surface area contributed by atoms with Crippen LogP contribution in [0.2, 0.25) is 5.02 Å². The smallest absolute Gasteiger partial charge is 0.326 e. The molecular formula is C21H15Cl3F5NO2. The van der Waals surface area contributed by atoms with Crippen LogP contribution in [0.1, 0.15) is 40.2 Å². The van der Waals surface area contributed by atoms with Crippen LogP contribution in [0.5, 0.6) is 0 Å². The van der Waals surface area contributed by atoms with E-state index >= 15 is 0 Å². The molecule has 2 atom stereocenters.